The Morgan fingerprint density at radius 3 is 2.72 bits per heavy atom. The van der Waals surface area contributed by atoms with E-state index in [1.54, 1.807) is 23.1 Å². The van der Waals surface area contributed by atoms with Gasteiger partial charge in [0, 0.05) is 6.54 Å². The Morgan fingerprint density at radius 2 is 2.07 bits per heavy atom. The number of halogens is 1. The number of benzene rings is 2. The van der Waals surface area contributed by atoms with Crippen LogP contribution in [-0.4, -0.2) is 26.4 Å². The van der Waals surface area contributed by atoms with Gasteiger partial charge in [-0.25, -0.2) is 0 Å². The highest BCUT2D eigenvalue weighted by atomic mass is 35.5. The highest BCUT2D eigenvalue weighted by Gasteiger charge is 2.35. The molecule has 1 aliphatic heterocycles. The van der Waals surface area contributed by atoms with Gasteiger partial charge < -0.3 is 4.18 Å². The van der Waals surface area contributed by atoms with Crippen molar-refractivity contribution in [2.24, 2.45) is 4.99 Å². The second kappa shape index (κ2) is 9.58. The van der Waals surface area contributed by atoms with Gasteiger partial charge in [0.15, 0.2) is 10.9 Å². The number of thioether (sulfide) groups is 1. The lowest BCUT2D eigenvalue weighted by atomic mass is 10.1. The fraction of sp³-hybridized carbons (Fsp3) is 0.200. The lowest BCUT2D eigenvalue weighted by Gasteiger charge is -2.17. The summed E-state index contributed by atoms with van der Waals surface area (Å²) < 4.78 is 24.4. The number of amides is 1. The van der Waals surface area contributed by atoms with Gasteiger partial charge in [0.2, 0.25) is 0 Å². The summed E-state index contributed by atoms with van der Waals surface area (Å²) >= 11 is 4.96. The Bertz CT molecular complexity index is 1020. The van der Waals surface area contributed by atoms with Crippen LogP contribution in [0.3, 0.4) is 0 Å². The molecule has 1 amide bonds. The Morgan fingerprint density at radius 1 is 1.31 bits per heavy atom. The van der Waals surface area contributed by atoms with Crippen LogP contribution in [-0.2, 0) is 16.2 Å². The van der Waals surface area contributed by atoms with Crippen LogP contribution in [0.5, 0.6) is 5.75 Å². The molecule has 1 unspecified atom stereocenters. The average molecular weight is 451 g/mol. The Hall–Kier alpha value is -2.13. The highest BCUT2D eigenvalue weighted by Crippen LogP contribution is 2.38. The maximum atomic E-state index is 13.2. The number of carbonyl (C=O) groups is 1. The number of hydrogen-bond acceptors (Lipinski definition) is 5. The quantitative estimate of drug-likeness (QED) is 0.492. The number of aryl methyl sites for hydroxylation is 1. The molecular weight excluding hydrogens is 432 g/mol. The predicted octanol–water partition coefficient (Wildman–Crippen LogP) is 5.05. The highest BCUT2D eigenvalue weighted by molar-refractivity contribution is 8.19. The van der Waals surface area contributed by atoms with Gasteiger partial charge in [-0.2, -0.15) is 4.21 Å². The van der Waals surface area contributed by atoms with Crippen molar-refractivity contribution < 1.29 is 17.7 Å². The number of para-hydroxylation sites is 1. The summed E-state index contributed by atoms with van der Waals surface area (Å²) in [6, 6.07) is 12.4. The van der Waals surface area contributed by atoms with Gasteiger partial charge in [-0.1, -0.05) is 42.8 Å². The van der Waals surface area contributed by atoms with E-state index in [0.29, 0.717) is 22.2 Å². The lowest BCUT2D eigenvalue weighted by molar-refractivity contribution is -0.113. The average Bonchev–Trinajstić information content (AvgIpc) is 2.98. The van der Waals surface area contributed by atoms with Crippen molar-refractivity contribution in [3.8, 4) is 5.75 Å². The molecule has 1 fully saturated rings. The molecule has 9 heteroatoms. The molecule has 0 aromatic heterocycles. The number of nitrogens with zero attached hydrogens (tertiary/aromatic N) is 2. The number of rotatable bonds is 6. The van der Waals surface area contributed by atoms with Gasteiger partial charge in [-0.3, -0.25) is 19.2 Å². The molecule has 2 aromatic carbocycles. The number of aliphatic imine (C=N–C) groups is 1. The molecule has 1 aliphatic rings. The molecule has 3 rings (SSSR count). The second-order valence-corrected chi connectivity index (χ2v) is 8.21. The summed E-state index contributed by atoms with van der Waals surface area (Å²) in [7, 11) is 0. The number of anilines is 1. The van der Waals surface area contributed by atoms with Crippen molar-refractivity contribution in [2.45, 2.75) is 20.3 Å². The summed E-state index contributed by atoms with van der Waals surface area (Å²) in [6.07, 6.45) is 2.60. The van der Waals surface area contributed by atoms with Crippen LogP contribution in [0.25, 0.3) is 6.08 Å². The molecule has 0 bridgehead atoms. The van der Waals surface area contributed by atoms with Crippen LogP contribution >= 0.6 is 23.4 Å². The Balaban J connectivity index is 1.96. The monoisotopic (exact) mass is 450 g/mol. The summed E-state index contributed by atoms with van der Waals surface area (Å²) in [4.78, 5) is 19.9. The minimum absolute atomic E-state index is 0.0896. The van der Waals surface area contributed by atoms with Crippen molar-refractivity contribution in [1.29, 1.82) is 0 Å². The zero-order valence-electron chi connectivity index (χ0n) is 15.8. The number of hydrogen-bond donors (Lipinski definition) is 1. The Kier molecular flexibility index (Phi) is 7.13. The molecule has 1 atom stereocenters. The zero-order chi connectivity index (χ0) is 21.0. The summed E-state index contributed by atoms with van der Waals surface area (Å²) in [6.45, 7) is 4.61. The largest absolute Gasteiger partial charge is 0.379 e. The first-order valence-corrected chi connectivity index (χ1v) is 11.1. The van der Waals surface area contributed by atoms with Gasteiger partial charge in [-0.05, 0) is 60.5 Å². The first-order valence-electron chi connectivity index (χ1n) is 8.83. The molecule has 0 saturated carbocycles. The third-order valence-electron chi connectivity index (χ3n) is 4.05. The topological polar surface area (TPSA) is 79.2 Å². The van der Waals surface area contributed by atoms with E-state index in [9.17, 15) is 9.00 Å². The molecule has 0 spiro atoms. The van der Waals surface area contributed by atoms with Crippen LogP contribution < -0.4 is 9.08 Å². The van der Waals surface area contributed by atoms with Crippen LogP contribution in [0, 0.1) is 6.92 Å². The summed E-state index contributed by atoms with van der Waals surface area (Å²) in [5.41, 5.74) is 2.45. The third-order valence-corrected chi connectivity index (χ3v) is 5.67. The smallest absolute Gasteiger partial charge is 0.357 e. The first kappa shape index (κ1) is 21.6. The predicted molar refractivity (Wildman–Crippen MR) is 120 cm³/mol. The van der Waals surface area contributed by atoms with E-state index in [2.05, 4.69) is 4.99 Å². The molecule has 0 radical (unpaired) electrons. The SMILES string of the molecule is CCCN=C1S/C(=C\c2ccc(OS(=O)O)c(Cl)c2)C(=O)N1c1ccccc1C. The van der Waals surface area contributed by atoms with E-state index in [1.807, 2.05) is 38.1 Å². The van der Waals surface area contributed by atoms with E-state index in [1.165, 1.54) is 17.8 Å². The zero-order valence-corrected chi connectivity index (χ0v) is 18.2. The van der Waals surface area contributed by atoms with E-state index in [-0.39, 0.29) is 16.7 Å². The van der Waals surface area contributed by atoms with E-state index >= 15 is 0 Å². The van der Waals surface area contributed by atoms with Crippen molar-refractivity contribution in [3.63, 3.8) is 0 Å². The molecule has 6 nitrogen and oxygen atoms in total. The van der Waals surface area contributed by atoms with E-state index in [4.69, 9.17) is 20.3 Å². The fourth-order valence-electron chi connectivity index (χ4n) is 2.72. The second-order valence-electron chi connectivity index (χ2n) is 6.19. The van der Waals surface area contributed by atoms with Crippen molar-refractivity contribution in [2.75, 3.05) is 11.4 Å². The van der Waals surface area contributed by atoms with Crippen LogP contribution in [0.4, 0.5) is 5.69 Å². The molecule has 2 aromatic rings. The molecule has 152 valence electrons. The standard InChI is InChI=1S/C20H19ClN2O4S2/c1-3-10-22-20-23(16-7-5-4-6-13(16)2)19(24)18(28-20)12-14-8-9-17(15(21)11-14)27-29(25)26/h4-9,11-12H,3,10H2,1-2H3,(H,25,26)/b18-12-,22-20?. The maximum Gasteiger partial charge on any atom is 0.357 e. The molecule has 1 saturated heterocycles. The Labute approximate surface area is 181 Å². The van der Waals surface area contributed by atoms with Gasteiger partial charge in [0.1, 0.15) is 0 Å². The van der Waals surface area contributed by atoms with Gasteiger partial charge in [-0.15, -0.1) is 0 Å². The first-order chi connectivity index (χ1) is 13.9. The van der Waals surface area contributed by atoms with Crippen LogP contribution in [0.15, 0.2) is 52.4 Å². The summed E-state index contributed by atoms with van der Waals surface area (Å²) in [5.74, 6) is -0.0705. The van der Waals surface area contributed by atoms with Gasteiger partial charge in [0.05, 0.1) is 15.6 Å². The summed E-state index contributed by atoms with van der Waals surface area (Å²) in [5, 5.41) is 0.812. The molecule has 1 heterocycles. The molecular formula is C20H19ClN2O4S2. The fourth-order valence-corrected chi connectivity index (χ4v) is 4.29. The van der Waals surface area contributed by atoms with Gasteiger partial charge >= 0.3 is 11.4 Å². The number of carbonyl (C=O) groups excluding carboxylic acids is 1. The van der Waals surface area contributed by atoms with E-state index in [0.717, 1.165) is 17.7 Å². The number of amidine groups is 1. The van der Waals surface area contributed by atoms with Gasteiger partial charge in [0.25, 0.3) is 5.91 Å². The lowest BCUT2D eigenvalue weighted by Crippen LogP contribution is -2.29. The van der Waals surface area contributed by atoms with Crippen LogP contribution in [0.2, 0.25) is 5.02 Å². The molecule has 29 heavy (non-hydrogen) atoms. The third kappa shape index (κ3) is 5.08. The minimum atomic E-state index is -2.46. The van der Waals surface area contributed by atoms with Crippen molar-refractivity contribution >= 4 is 57.6 Å². The van der Waals surface area contributed by atoms with Crippen molar-refractivity contribution in [3.05, 3.63) is 63.5 Å². The minimum Gasteiger partial charge on any atom is -0.379 e. The van der Waals surface area contributed by atoms with Crippen molar-refractivity contribution in [1.82, 2.24) is 0 Å². The molecule has 1 N–H and O–H groups in total. The normalized spacial score (nSPS) is 17.9. The van der Waals surface area contributed by atoms with E-state index < -0.39 is 11.4 Å². The molecule has 0 aliphatic carbocycles. The van der Waals surface area contributed by atoms with Crippen LogP contribution in [0.1, 0.15) is 24.5 Å². The maximum absolute atomic E-state index is 13.2.